The van der Waals surface area contributed by atoms with Crippen LogP contribution in [0.25, 0.3) is 0 Å². The first-order chi connectivity index (χ1) is 11.0. The maximum atomic E-state index is 14.1. The van der Waals surface area contributed by atoms with Gasteiger partial charge in [0.2, 0.25) is 11.6 Å². The Morgan fingerprint density at radius 1 is 0.913 bits per heavy atom. The van der Waals surface area contributed by atoms with Crippen molar-refractivity contribution in [1.82, 2.24) is 4.98 Å². The van der Waals surface area contributed by atoms with Crippen LogP contribution in [0, 0.1) is 29.3 Å². The molecular weight excluding hydrogens is 317 g/mol. The Balaban J connectivity index is 1.91. The zero-order valence-electron chi connectivity index (χ0n) is 11.8. The van der Waals surface area contributed by atoms with Crippen molar-refractivity contribution in [2.24, 2.45) is 0 Å². The second-order valence-corrected chi connectivity index (χ2v) is 5.18. The Kier molecular flexibility index (Phi) is 4.06. The van der Waals surface area contributed by atoms with Gasteiger partial charge in [-0.05, 0) is 31.0 Å². The molecule has 0 amide bonds. The topological polar surface area (TPSA) is 28.2 Å². The number of nitrogens with one attached hydrogen (secondary N) is 1. The zero-order valence-corrected chi connectivity index (χ0v) is 11.8. The highest BCUT2D eigenvalue weighted by Crippen LogP contribution is 2.30. The molecule has 0 unspecified atom stereocenters. The van der Waals surface area contributed by atoms with Crippen LogP contribution in [-0.4, -0.2) is 18.1 Å². The lowest BCUT2D eigenvalue weighted by Crippen LogP contribution is -2.18. The van der Waals surface area contributed by atoms with Crippen molar-refractivity contribution in [2.45, 2.75) is 12.8 Å². The molecular formula is C15H12F5N3. The van der Waals surface area contributed by atoms with E-state index in [0.717, 1.165) is 32.0 Å². The van der Waals surface area contributed by atoms with Crippen molar-refractivity contribution in [3.8, 4) is 0 Å². The van der Waals surface area contributed by atoms with Crippen molar-refractivity contribution in [3.05, 3.63) is 47.5 Å². The Hall–Kier alpha value is -2.38. The van der Waals surface area contributed by atoms with Crippen molar-refractivity contribution < 1.29 is 22.0 Å². The summed E-state index contributed by atoms with van der Waals surface area (Å²) >= 11 is 0. The number of benzene rings is 1. The average Bonchev–Trinajstić information content (AvgIpc) is 3.04. The van der Waals surface area contributed by atoms with Gasteiger partial charge in [0, 0.05) is 18.8 Å². The summed E-state index contributed by atoms with van der Waals surface area (Å²) in [7, 11) is 0. The minimum Gasteiger partial charge on any atom is -0.369 e. The molecule has 0 saturated carbocycles. The monoisotopic (exact) mass is 329 g/mol. The van der Waals surface area contributed by atoms with Gasteiger partial charge in [-0.25, -0.2) is 4.39 Å². The number of hydrogen-bond acceptors (Lipinski definition) is 3. The average molecular weight is 329 g/mol. The standard InChI is InChI=1S/C15H12F5N3/c16-9-7-8(3-4-10(9)23-5-1-2-6-23)21-13-11(17)14(19)22-15(20)12(13)18/h3-4,7H,1-2,5-6H2,(H,21,22). The van der Waals surface area contributed by atoms with Crippen molar-refractivity contribution in [3.63, 3.8) is 0 Å². The van der Waals surface area contributed by atoms with E-state index < -0.39 is 35.0 Å². The molecule has 2 heterocycles. The first kappa shape index (κ1) is 15.5. The van der Waals surface area contributed by atoms with Crippen molar-refractivity contribution in [1.29, 1.82) is 0 Å². The van der Waals surface area contributed by atoms with Gasteiger partial charge in [0.1, 0.15) is 11.5 Å². The molecule has 1 aliphatic heterocycles. The van der Waals surface area contributed by atoms with Crippen LogP contribution in [0.4, 0.5) is 39.0 Å². The van der Waals surface area contributed by atoms with Gasteiger partial charge in [-0.3, -0.25) is 0 Å². The Morgan fingerprint density at radius 2 is 1.52 bits per heavy atom. The summed E-state index contributed by atoms with van der Waals surface area (Å²) in [6.07, 6.45) is 1.93. The van der Waals surface area contributed by atoms with E-state index in [9.17, 15) is 22.0 Å². The van der Waals surface area contributed by atoms with Crippen LogP contribution >= 0.6 is 0 Å². The second kappa shape index (κ2) is 6.02. The zero-order chi connectivity index (χ0) is 16.6. The van der Waals surface area contributed by atoms with Gasteiger partial charge < -0.3 is 10.2 Å². The highest BCUT2D eigenvalue weighted by Gasteiger charge is 2.22. The van der Waals surface area contributed by atoms with Crippen LogP contribution in [-0.2, 0) is 0 Å². The van der Waals surface area contributed by atoms with Crippen LogP contribution in [0.2, 0.25) is 0 Å². The molecule has 1 saturated heterocycles. The Bertz CT molecular complexity index is 718. The van der Waals surface area contributed by atoms with Crippen LogP contribution in [0.15, 0.2) is 18.2 Å². The molecule has 1 aliphatic rings. The summed E-state index contributed by atoms with van der Waals surface area (Å²) in [4.78, 5) is 4.31. The lowest BCUT2D eigenvalue weighted by atomic mass is 10.2. The quantitative estimate of drug-likeness (QED) is 0.678. The number of anilines is 3. The SMILES string of the molecule is Fc1cc(Nc2c(F)c(F)nc(F)c2F)ccc1N1CCCC1. The van der Waals surface area contributed by atoms with Crippen LogP contribution in [0.3, 0.4) is 0 Å². The van der Waals surface area contributed by atoms with Crippen LogP contribution in [0.5, 0.6) is 0 Å². The maximum Gasteiger partial charge on any atom is 0.253 e. The molecule has 1 aromatic carbocycles. The molecule has 2 aromatic rings. The summed E-state index contributed by atoms with van der Waals surface area (Å²) in [5, 5.41) is 2.15. The number of rotatable bonds is 3. The fourth-order valence-electron chi connectivity index (χ4n) is 2.54. The van der Waals surface area contributed by atoms with Gasteiger partial charge >= 0.3 is 0 Å². The van der Waals surface area contributed by atoms with Crippen LogP contribution < -0.4 is 10.2 Å². The number of nitrogens with zero attached hydrogens (tertiary/aromatic N) is 2. The second-order valence-electron chi connectivity index (χ2n) is 5.18. The van der Waals surface area contributed by atoms with Gasteiger partial charge in [0.25, 0.3) is 11.9 Å². The van der Waals surface area contributed by atoms with Gasteiger partial charge in [-0.2, -0.15) is 22.5 Å². The minimum atomic E-state index is -1.78. The summed E-state index contributed by atoms with van der Waals surface area (Å²) in [5.74, 6) is -7.49. The molecule has 0 atom stereocenters. The first-order valence-electron chi connectivity index (χ1n) is 6.99. The molecule has 0 bridgehead atoms. The molecule has 3 nitrogen and oxygen atoms in total. The fraction of sp³-hybridized carbons (Fsp3) is 0.267. The van der Waals surface area contributed by atoms with Crippen LogP contribution in [0.1, 0.15) is 12.8 Å². The lowest BCUT2D eigenvalue weighted by molar-refractivity contribution is 0.411. The summed E-state index contributed by atoms with van der Waals surface area (Å²) in [6, 6.07) is 3.85. The number of halogens is 5. The predicted octanol–water partition coefficient (Wildman–Crippen LogP) is 4.12. The summed E-state index contributed by atoms with van der Waals surface area (Å²) < 4.78 is 67.3. The Morgan fingerprint density at radius 3 is 2.09 bits per heavy atom. The Labute approximate surface area is 128 Å². The minimum absolute atomic E-state index is 0.0340. The van der Waals surface area contributed by atoms with E-state index in [0.29, 0.717) is 5.69 Å². The van der Waals surface area contributed by atoms with E-state index in [4.69, 9.17) is 0 Å². The lowest BCUT2D eigenvalue weighted by Gasteiger charge is -2.19. The number of hydrogen-bond donors (Lipinski definition) is 1. The molecule has 1 N–H and O–H groups in total. The van der Waals surface area contributed by atoms with Crippen molar-refractivity contribution in [2.75, 3.05) is 23.3 Å². The van der Waals surface area contributed by atoms with Gasteiger partial charge in [0.05, 0.1) is 5.69 Å². The molecule has 0 radical (unpaired) electrons. The van der Waals surface area contributed by atoms with E-state index in [-0.39, 0.29) is 5.69 Å². The van der Waals surface area contributed by atoms with Gasteiger partial charge in [0.15, 0.2) is 0 Å². The molecule has 23 heavy (non-hydrogen) atoms. The van der Waals surface area contributed by atoms with Gasteiger partial charge in [-0.15, -0.1) is 0 Å². The highest BCUT2D eigenvalue weighted by molar-refractivity contribution is 5.64. The normalized spacial score (nSPS) is 14.4. The third kappa shape index (κ3) is 2.93. The molecule has 122 valence electrons. The summed E-state index contributed by atoms with van der Waals surface area (Å²) in [6.45, 7) is 1.46. The van der Waals surface area contributed by atoms with E-state index in [1.54, 1.807) is 0 Å². The number of pyridine rings is 1. The predicted molar refractivity (Wildman–Crippen MR) is 75.2 cm³/mol. The third-order valence-corrected chi connectivity index (χ3v) is 3.66. The molecule has 1 aromatic heterocycles. The third-order valence-electron chi connectivity index (χ3n) is 3.66. The van der Waals surface area contributed by atoms with E-state index >= 15 is 0 Å². The molecule has 0 aliphatic carbocycles. The smallest absolute Gasteiger partial charge is 0.253 e. The maximum absolute atomic E-state index is 14.1. The first-order valence-corrected chi connectivity index (χ1v) is 6.99. The number of aromatic nitrogens is 1. The van der Waals surface area contributed by atoms with E-state index in [1.807, 2.05) is 4.90 Å². The molecule has 3 rings (SSSR count). The molecule has 1 fully saturated rings. The highest BCUT2D eigenvalue weighted by atomic mass is 19.2. The molecule has 0 spiro atoms. The van der Waals surface area contributed by atoms with Gasteiger partial charge in [-0.1, -0.05) is 0 Å². The largest absolute Gasteiger partial charge is 0.369 e. The van der Waals surface area contributed by atoms with Crippen molar-refractivity contribution >= 4 is 17.1 Å². The molecule has 8 heteroatoms. The van der Waals surface area contributed by atoms with E-state index in [2.05, 4.69) is 10.3 Å². The fourth-order valence-corrected chi connectivity index (χ4v) is 2.54. The summed E-state index contributed by atoms with van der Waals surface area (Å²) in [5.41, 5.74) is -0.711. The van der Waals surface area contributed by atoms with E-state index in [1.165, 1.54) is 12.1 Å².